The molecule has 5 heteroatoms. The van der Waals surface area contributed by atoms with Crippen molar-refractivity contribution >= 4 is 23.3 Å². The molecule has 1 aromatic heterocycles. The molecule has 1 aromatic carbocycles. The average Bonchev–Trinajstić information content (AvgIpc) is 2.64. The molecule has 0 bridgehead atoms. The van der Waals surface area contributed by atoms with E-state index in [0.29, 0.717) is 6.61 Å². The van der Waals surface area contributed by atoms with E-state index < -0.39 is 0 Å². The summed E-state index contributed by atoms with van der Waals surface area (Å²) in [6.07, 6.45) is 0. The van der Waals surface area contributed by atoms with Gasteiger partial charge in [-0.15, -0.1) is 0 Å². The molecule has 4 nitrogen and oxygen atoms in total. The van der Waals surface area contributed by atoms with Gasteiger partial charge >= 0.3 is 0 Å². The molecule has 2 rings (SSSR count). The topological polar surface area (TPSA) is 33.2 Å². The van der Waals surface area contributed by atoms with Gasteiger partial charge < -0.3 is 19.2 Å². The molecule has 0 spiro atoms. The van der Waals surface area contributed by atoms with Gasteiger partial charge in [0.2, 0.25) is 0 Å². The SMILES string of the molecule is CCOc1cccc2c1[nH]c(=S)n2CCN(C)C. The fourth-order valence-electron chi connectivity index (χ4n) is 1.95. The second-order valence-electron chi connectivity index (χ2n) is 4.47. The van der Waals surface area contributed by atoms with E-state index in [0.717, 1.165) is 34.6 Å². The highest BCUT2D eigenvalue weighted by Gasteiger charge is 2.08. The first-order valence-electron chi connectivity index (χ1n) is 6.12. The number of aromatic nitrogens is 2. The van der Waals surface area contributed by atoms with Crippen molar-refractivity contribution in [2.75, 3.05) is 27.2 Å². The van der Waals surface area contributed by atoms with Crippen LogP contribution in [0.15, 0.2) is 18.2 Å². The van der Waals surface area contributed by atoms with Crippen molar-refractivity contribution in [3.63, 3.8) is 0 Å². The van der Waals surface area contributed by atoms with E-state index in [1.54, 1.807) is 0 Å². The highest BCUT2D eigenvalue weighted by atomic mass is 32.1. The molecular weight excluding hydrogens is 246 g/mol. The fourth-order valence-corrected chi connectivity index (χ4v) is 2.24. The molecule has 18 heavy (non-hydrogen) atoms. The normalized spacial score (nSPS) is 11.3. The zero-order chi connectivity index (χ0) is 13.1. The second-order valence-corrected chi connectivity index (χ2v) is 4.86. The number of ether oxygens (including phenoxy) is 1. The maximum absolute atomic E-state index is 5.61. The quantitative estimate of drug-likeness (QED) is 0.844. The Morgan fingerprint density at radius 3 is 2.83 bits per heavy atom. The number of aromatic amines is 1. The summed E-state index contributed by atoms with van der Waals surface area (Å²) in [5.41, 5.74) is 2.09. The van der Waals surface area contributed by atoms with Gasteiger partial charge in [-0.2, -0.15) is 0 Å². The molecule has 0 radical (unpaired) electrons. The summed E-state index contributed by atoms with van der Waals surface area (Å²) in [6, 6.07) is 6.04. The monoisotopic (exact) mass is 265 g/mol. The summed E-state index contributed by atoms with van der Waals surface area (Å²) >= 11 is 5.38. The Bertz CT molecular complexity index is 585. The molecule has 0 saturated carbocycles. The number of H-pyrrole nitrogens is 1. The van der Waals surface area contributed by atoms with Crippen LogP contribution in [0.2, 0.25) is 0 Å². The van der Waals surface area contributed by atoms with Gasteiger partial charge in [0.1, 0.15) is 11.3 Å². The summed E-state index contributed by atoms with van der Waals surface area (Å²) in [4.78, 5) is 5.38. The number of rotatable bonds is 5. The van der Waals surface area contributed by atoms with Gasteiger partial charge in [0.05, 0.1) is 12.1 Å². The van der Waals surface area contributed by atoms with Crippen LogP contribution in [0.4, 0.5) is 0 Å². The van der Waals surface area contributed by atoms with Crippen LogP contribution in [0.1, 0.15) is 6.92 Å². The zero-order valence-electron chi connectivity index (χ0n) is 11.1. The third-order valence-corrected chi connectivity index (χ3v) is 3.17. The van der Waals surface area contributed by atoms with Gasteiger partial charge in [-0.05, 0) is 45.4 Å². The zero-order valence-corrected chi connectivity index (χ0v) is 11.9. The van der Waals surface area contributed by atoms with E-state index >= 15 is 0 Å². The van der Waals surface area contributed by atoms with Crippen molar-refractivity contribution in [2.45, 2.75) is 13.5 Å². The number of benzene rings is 1. The van der Waals surface area contributed by atoms with Crippen molar-refractivity contribution < 1.29 is 4.74 Å². The second kappa shape index (κ2) is 5.54. The van der Waals surface area contributed by atoms with Crippen molar-refractivity contribution in [1.29, 1.82) is 0 Å². The van der Waals surface area contributed by atoms with E-state index in [2.05, 4.69) is 34.6 Å². The summed E-state index contributed by atoms with van der Waals surface area (Å²) < 4.78 is 8.48. The Hall–Kier alpha value is -1.33. The highest BCUT2D eigenvalue weighted by Crippen LogP contribution is 2.24. The van der Waals surface area contributed by atoms with Crippen LogP contribution in [0.3, 0.4) is 0 Å². The van der Waals surface area contributed by atoms with E-state index in [-0.39, 0.29) is 0 Å². The largest absolute Gasteiger partial charge is 0.492 e. The summed E-state index contributed by atoms with van der Waals surface area (Å²) in [6.45, 7) is 4.47. The van der Waals surface area contributed by atoms with Crippen molar-refractivity contribution in [3.8, 4) is 5.75 Å². The molecule has 0 aliphatic carbocycles. The third-order valence-electron chi connectivity index (χ3n) is 2.84. The Kier molecular flexibility index (Phi) is 4.04. The molecule has 1 heterocycles. The maximum Gasteiger partial charge on any atom is 0.178 e. The molecule has 0 saturated heterocycles. The summed E-state index contributed by atoms with van der Waals surface area (Å²) in [5, 5.41) is 0. The number of fused-ring (bicyclic) bond motifs is 1. The average molecular weight is 265 g/mol. The Morgan fingerprint density at radius 1 is 1.39 bits per heavy atom. The minimum absolute atomic E-state index is 0.655. The van der Waals surface area contributed by atoms with E-state index in [1.807, 2.05) is 19.1 Å². The molecular formula is C13H19N3OS. The first-order chi connectivity index (χ1) is 8.63. The van der Waals surface area contributed by atoms with Crippen LogP contribution in [0.5, 0.6) is 5.75 Å². The van der Waals surface area contributed by atoms with Crippen LogP contribution in [0.25, 0.3) is 11.0 Å². The van der Waals surface area contributed by atoms with Crippen molar-refractivity contribution in [3.05, 3.63) is 23.0 Å². The molecule has 0 amide bonds. The number of likely N-dealkylation sites (N-methyl/N-ethyl adjacent to an activating group) is 1. The molecule has 2 aromatic rings. The van der Waals surface area contributed by atoms with Crippen LogP contribution in [-0.4, -0.2) is 41.7 Å². The summed E-state index contributed by atoms with van der Waals surface area (Å²) in [7, 11) is 4.12. The lowest BCUT2D eigenvalue weighted by atomic mass is 10.3. The summed E-state index contributed by atoms with van der Waals surface area (Å²) in [5.74, 6) is 0.865. The van der Waals surface area contributed by atoms with Gasteiger partial charge in [0.15, 0.2) is 4.77 Å². The number of nitrogens with zero attached hydrogens (tertiary/aromatic N) is 2. The Morgan fingerprint density at radius 2 is 2.17 bits per heavy atom. The van der Waals surface area contributed by atoms with Crippen LogP contribution >= 0.6 is 12.2 Å². The van der Waals surface area contributed by atoms with E-state index in [4.69, 9.17) is 17.0 Å². The predicted molar refractivity (Wildman–Crippen MR) is 76.8 cm³/mol. The maximum atomic E-state index is 5.61. The number of hydrogen-bond acceptors (Lipinski definition) is 3. The molecule has 0 aliphatic heterocycles. The van der Waals surface area contributed by atoms with Crippen molar-refractivity contribution in [2.24, 2.45) is 0 Å². The van der Waals surface area contributed by atoms with Gasteiger partial charge in [-0.3, -0.25) is 0 Å². The highest BCUT2D eigenvalue weighted by molar-refractivity contribution is 7.71. The van der Waals surface area contributed by atoms with Crippen LogP contribution in [0, 0.1) is 4.77 Å². The lowest BCUT2D eigenvalue weighted by molar-refractivity contribution is 0.343. The predicted octanol–water partition coefficient (Wildman–Crippen LogP) is 2.66. The van der Waals surface area contributed by atoms with Gasteiger partial charge in [0, 0.05) is 13.1 Å². The van der Waals surface area contributed by atoms with E-state index in [1.165, 1.54) is 0 Å². The van der Waals surface area contributed by atoms with Crippen molar-refractivity contribution in [1.82, 2.24) is 14.5 Å². The van der Waals surface area contributed by atoms with Gasteiger partial charge in [-0.1, -0.05) is 6.07 Å². The van der Waals surface area contributed by atoms with Crippen LogP contribution in [-0.2, 0) is 6.54 Å². The number of imidazole rings is 1. The molecule has 0 aliphatic rings. The fraction of sp³-hybridized carbons (Fsp3) is 0.462. The lowest BCUT2D eigenvalue weighted by Gasteiger charge is -2.11. The Labute approximate surface area is 112 Å². The standard InChI is InChI=1S/C13H19N3OS/c1-4-17-11-7-5-6-10-12(11)14-13(18)16(10)9-8-15(2)3/h5-7H,4,8-9H2,1-3H3,(H,14,18). The van der Waals surface area contributed by atoms with Crippen LogP contribution < -0.4 is 4.74 Å². The van der Waals surface area contributed by atoms with Gasteiger partial charge in [-0.25, -0.2) is 0 Å². The van der Waals surface area contributed by atoms with E-state index in [9.17, 15) is 0 Å². The molecule has 0 fully saturated rings. The van der Waals surface area contributed by atoms with Gasteiger partial charge in [0.25, 0.3) is 0 Å². The number of nitrogens with one attached hydrogen (secondary N) is 1. The minimum Gasteiger partial charge on any atom is -0.492 e. The number of para-hydroxylation sites is 1. The molecule has 98 valence electrons. The molecule has 0 atom stereocenters. The molecule has 1 N–H and O–H groups in total. The first-order valence-corrected chi connectivity index (χ1v) is 6.53. The minimum atomic E-state index is 0.655. The number of hydrogen-bond donors (Lipinski definition) is 1. The smallest absolute Gasteiger partial charge is 0.178 e. The first kappa shape index (κ1) is 13.1. The molecule has 0 unspecified atom stereocenters. The third kappa shape index (κ3) is 2.57. The lowest BCUT2D eigenvalue weighted by Crippen LogP contribution is -2.18. The Balaban J connectivity index is 2.45.